The van der Waals surface area contributed by atoms with Crippen LogP contribution in [0.25, 0.3) is 11.3 Å². The molecule has 3 heterocycles. The molecule has 2 aromatic rings. The lowest BCUT2D eigenvalue weighted by molar-refractivity contribution is -0.163. The summed E-state index contributed by atoms with van der Waals surface area (Å²) in [5, 5.41) is 2.87. The minimum atomic E-state index is -0.894. The van der Waals surface area contributed by atoms with Crippen molar-refractivity contribution in [2.45, 2.75) is 12.0 Å². The van der Waals surface area contributed by atoms with Crippen LogP contribution in [-0.4, -0.2) is 48.8 Å². The van der Waals surface area contributed by atoms with Crippen LogP contribution >= 0.6 is 11.3 Å². The van der Waals surface area contributed by atoms with Gasteiger partial charge in [-0.15, -0.1) is 11.3 Å². The highest BCUT2D eigenvalue weighted by molar-refractivity contribution is 7.14. The van der Waals surface area contributed by atoms with Crippen LogP contribution in [0.2, 0.25) is 0 Å². The van der Waals surface area contributed by atoms with Crippen LogP contribution in [0.3, 0.4) is 0 Å². The molecule has 0 bridgehead atoms. The predicted molar refractivity (Wildman–Crippen MR) is 83.9 cm³/mol. The fourth-order valence-corrected chi connectivity index (χ4v) is 3.47. The van der Waals surface area contributed by atoms with Crippen LogP contribution in [0.5, 0.6) is 0 Å². The topological polar surface area (TPSA) is 64.6 Å². The molecule has 1 fully saturated rings. The average Bonchev–Trinajstić information content (AvgIpc) is 3.22. The summed E-state index contributed by atoms with van der Waals surface area (Å²) in [4.78, 5) is 22.8. The number of thiazole rings is 1. The number of aromatic nitrogens is 2. The second kappa shape index (κ2) is 6.02. The Morgan fingerprint density at radius 1 is 1.45 bits per heavy atom. The van der Waals surface area contributed by atoms with Crippen molar-refractivity contribution in [3.8, 4) is 11.3 Å². The molecule has 1 aliphatic rings. The van der Waals surface area contributed by atoms with Crippen molar-refractivity contribution in [2.24, 2.45) is 0 Å². The number of methoxy groups -OCH3 is 2. The highest BCUT2D eigenvalue weighted by atomic mass is 32.1. The van der Waals surface area contributed by atoms with E-state index in [0.29, 0.717) is 19.5 Å². The van der Waals surface area contributed by atoms with Crippen LogP contribution in [0, 0.1) is 0 Å². The van der Waals surface area contributed by atoms with Crippen LogP contribution in [0.1, 0.15) is 6.42 Å². The Bertz CT molecular complexity index is 661. The first kappa shape index (κ1) is 14.9. The number of hydrogen-bond acceptors (Lipinski definition) is 7. The van der Waals surface area contributed by atoms with Gasteiger partial charge >= 0.3 is 5.97 Å². The summed E-state index contributed by atoms with van der Waals surface area (Å²) < 4.78 is 10.3. The van der Waals surface area contributed by atoms with Crippen molar-refractivity contribution in [2.75, 3.05) is 32.2 Å². The summed E-state index contributed by atoms with van der Waals surface area (Å²) in [6.07, 6.45) is 4.12. The summed E-state index contributed by atoms with van der Waals surface area (Å²) in [6.45, 7) is 1.17. The van der Waals surface area contributed by atoms with E-state index < -0.39 is 5.60 Å². The number of carbonyl (C=O) groups excluding carboxylic acids is 1. The fourth-order valence-electron chi connectivity index (χ4n) is 2.60. The number of anilines is 1. The third kappa shape index (κ3) is 2.57. The van der Waals surface area contributed by atoms with Gasteiger partial charge in [0.05, 0.1) is 19.3 Å². The van der Waals surface area contributed by atoms with Crippen molar-refractivity contribution < 1.29 is 14.3 Å². The minimum absolute atomic E-state index is 0.332. The summed E-state index contributed by atoms with van der Waals surface area (Å²) in [5.41, 5.74) is 0.978. The first-order valence-corrected chi connectivity index (χ1v) is 7.81. The molecular formula is C15H17N3O3S. The first-order valence-electron chi connectivity index (χ1n) is 6.93. The molecule has 0 spiro atoms. The van der Waals surface area contributed by atoms with Gasteiger partial charge in [-0.05, 0) is 12.1 Å². The molecule has 0 aliphatic carbocycles. The average molecular weight is 319 g/mol. The van der Waals surface area contributed by atoms with E-state index in [9.17, 15) is 4.79 Å². The minimum Gasteiger partial charge on any atom is -0.467 e. The first-order chi connectivity index (χ1) is 10.7. The summed E-state index contributed by atoms with van der Waals surface area (Å²) in [7, 11) is 2.93. The molecule has 0 saturated carbocycles. The molecule has 3 rings (SSSR count). The number of rotatable bonds is 4. The maximum Gasteiger partial charge on any atom is 0.340 e. The van der Waals surface area contributed by atoms with Crippen LogP contribution in [0.15, 0.2) is 29.9 Å². The number of esters is 1. The second-order valence-electron chi connectivity index (χ2n) is 5.12. The standard InChI is InChI=1S/C15H17N3O3S/c1-20-13(19)15(21-2)5-7-18(10-15)14-17-12(9-22-14)11-4-3-6-16-8-11/h3-4,6,8-9H,5,7,10H2,1-2H3. The van der Waals surface area contributed by atoms with E-state index in [1.807, 2.05) is 17.5 Å². The van der Waals surface area contributed by atoms with E-state index in [0.717, 1.165) is 16.4 Å². The van der Waals surface area contributed by atoms with Gasteiger partial charge in [0, 0.05) is 43.4 Å². The summed E-state index contributed by atoms with van der Waals surface area (Å²) >= 11 is 1.55. The lowest BCUT2D eigenvalue weighted by Gasteiger charge is -2.24. The van der Waals surface area contributed by atoms with Crippen molar-refractivity contribution in [3.05, 3.63) is 29.9 Å². The molecule has 1 atom stereocenters. The van der Waals surface area contributed by atoms with Gasteiger partial charge < -0.3 is 14.4 Å². The third-order valence-electron chi connectivity index (χ3n) is 3.90. The van der Waals surface area contributed by atoms with Crippen molar-refractivity contribution in [1.29, 1.82) is 0 Å². The van der Waals surface area contributed by atoms with Gasteiger partial charge in [0.2, 0.25) is 0 Å². The molecule has 2 aromatic heterocycles. The molecule has 0 radical (unpaired) electrons. The lowest BCUT2D eigenvalue weighted by atomic mass is 10.0. The molecule has 6 nitrogen and oxygen atoms in total. The molecule has 0 aromatic carbocycles. The number of ether oxygens (including phenoxy) is 2. The Balaban J connectivity index is 1.79. The third-order valence-corrected chi connectivity index (χ3v) is 4.80. The van der Waals surface area contributed by atoms with Gasteiger partial charge in [0.1, 0.15) is 0 Å². The molecule has 7 heteroatoms. The SMILES string of the molecule is COC(=O)C1(OC)CCN(c2nc(-c3cccnc3)cs2)C1. The Labute approximate surface area is 132 Å². The predicted octanol–water partition coefficient (Wildman–Crippen LogP) is 1.97. The van der Waals surface area contributed by atoms with E-state index in [-0.39, 0.29) is 5.97 Å². The number of hydrogen-bond donors (Lipinski definition) is 0. The largest absolute Gasteiger partial charge is 0.467 e. The summed E-state index contributed by atoms with van der Waals surface area (Å²) in [5.74, 6) is -0.332. The van der Waals surface area contributed by atoms with Gasteiger partial charge in [-0.25, -0.2) is 9.78 Å². The monoisotopic (exact) mass is 319 g/mol. The van der Waals surface area contributed by atoms with E-state index in [2.05, 4.69) is 14.9 Å². The molecule has 1 unspecified atom stereocenters. The molecule has 0 N–H and O–H groups in total. The highest BCUT2D eigenvalue weighted by Crippen LogP contribution is 2.34. The Morgan fingerprint density at radius 2 is 2.32 bits per heavy atom. The molecule has 0 amide bonds. The number of nitrogens with zero attached hydrogens (tertiary/aromatic N) is 3. The van der Waals surface area contributed by atoms with Crippen LogP contribution < -0.4 is 4.90 Å². The van der Waals surface area contributed by atoms with Crippen molar-refractivity contribution >= 4 is 22.4 Å². The molecule has 1 saturated heterocycles. The van der Waals surface area contributed by atoms with Gasteiger partial charge in [0.25, 0.3) is 0 Å². The smallest absolute Gasteiger partial charge is 0.340 e. The fraction of sp³-hybridized carbons (Fsp3) is 0.400. The highest BCUT2D eigenvalue weighted by Gasteiger charge is 2.46. The van der Waals surface area contributed by atoms with E-state index in [1.54, 1.807) is 30.8 Å². The van der Waals surface area contributed by atoms with Crippen LogP contribution in [-0.2, 0) is 14.3 Å². The maximum absolute atomic E-state index is 12.0. The Kier molecular flexibility index (Phi) is 4.08. The zero-order chi connectivity index (χ0) is 15.6. The lowest BCUT2D eigenvalue weighted by Crippen LogP contribution is -2.44. The number of carbonyl (C=O) groups is 1. The van der Waals surface area contributed by atoms with E-state index in [4.69, 9.17) is 9.47 Å². The zero-order valence-electron chi connectivity index (χ0n) is 12.5. The van der Waals surface area contributed by atoms with E-state index >= 15 is 0 Å². The number of pyridine rings is 1. The Morgan fingerprint density at radius 3 is 3.00 bits per heavy atom. The quantitative estimate of drug-likeness (QED) is 0.803. The molecule has 22 heavy (non-hydrogen) atoms. The van der Waals surface area contributed by atoms with Crippen LogP contribution in [0.4, 0.5) is 5.13 Å². The zero-order valence-corrected chi connectivity index (χ0v) is 13.3. The Hall–Kier alpha value is -1.99. The second-order valence-corrected chi connectivity index (χ2v) is 5.96. The normalized spacial score (nSPS) is 21.1. The van der Waals surface area contributed by atoms with Gasteiger partial charge in [-0.2, -0.15) is 0 Å². The van der Waals surface area contributed by atoms with Crippen molar-refractivity contribution in [3.63, 3.8) is 0 Å². The molecule has 116 valence electrons. The van der Waals surface area contributed by atoms with Gasteiger partial charge in [-0.1, -0.05) is 0 Å². The molecule has 1 aliphatic heterocycles. The maximum atomic E-state index is 12.0. The molecular weight excluding hydrogens is 302 g/mol. The van der Waals surface area contributed by atoms with Gasteiger partial charge in [-0.3, -0.25) is 4.98 Å². The van der Waals surface area contributed by atoms with Gasteiger partial charge in [0.15, 0.2) is 10.7 Å². The van der Waals surface area contributed by atoms with Crippen molar-refractivity contribution in [1.82, 2.24) is 9.97 Å². The van der Waals surface area contributed by atoms with E-state index in [1.165, 1.54) is 7.11 Å². The summed E-state index contributed by atoms with van der Waals surface area (Å²) in [6, 6.07) is 3.86.